The number of nitrogens with one attached hydrogen (secondary N) is 2. The summed E-state index contributed by atoms with van der Waals surface area (Å²) in [6, 6.07) is 6.98. The van der Waals surface area contributed by atoms with Gasteiger partial charge in [0, 0.05) is 25.1 Å². The number of benzene rings is 1. The first-order chi connectivity index (χ1) is 11.0. The van der Waals surface area contributed by atoms with Gasteiger partial charge in [-0.3, -0.25) is 0 Å². The first-order valence-electron chi connectivity index (χ1n) is 7.36. The van der Waals surface area contributed by atoms with Gasteiger partial charge >= 0.3 is 12.2 Å². The molecule has 1 aliphatic rings. The van der Waals surface area contributed by atoms with E-state index in [4.69, 9.17) is 4.74 Å². The zero-order chi connectivity index (χ0) is 16.7. The molecule has 8 heteroatoms. The number of carbonyl (C=O) groups excluding carboxylic acids is 1. The second-order valence-electron chi connectivity index (χ2n) is 5.15. The molecule has 0 spiro atoms. The quantitative estimate of drug-likeness (QED) is 0.788. The highest BCUT2D eigenvalue weighted by Gasteiger charge is 2.27. The Morgan fingerprint density at radius 1 is 1.35 bits per heavy atom. The molecule has 0 aromatic heterocycles. The minimum absolute atomic E-state index is 0.0557. The SMILES string of the molecule is O=C(NCCCOCC(F)(F)F)N[C@@H]1CCOc2ccccc21. The number of hydrogen-bond acceptors (Lipinski definition) is 3. The number of ether oxygens (including phenoxy) is 2. The molecule has 0 saturated carbocycles. The first kappa shape index (κ1) is 17.4. The maximum Gasteiger partial charge on any atom is 0.411 e. The summed E-state index contributed by atoms with van der Waals surface area (Å²) in [7, 11) is 0. The summed E-state index contributed by atoms with van der Waals surface area (Å²) in [5.74, 6) is 0.754. The fourth-order valence-corrected chi connectivity index (χ4v) is 2.27. The number of halogens is 3. The van der Waals surface area contributed by atoms with Crippen molar-refractivity contribution in [2.24, 2.45) is 0 Å². The Bertz CT molecular complexity index is 523. The van der Waals surface area contributed by atoms with Crippen molar-refractivity contribution < 1.29 is 27.4 Å². The van der Waals surface area contributed by atoms with Crippen LogP contribution >= 0.6 is 0 Å². The molecular weight excluding hydrogens is 313 g/mol. The Labute approximate surface area is 132 Å². The molecule has 23 heavy (non-hydrogen) atoms. The molecule has 0 bridgehead atoms. The van der Waals surface area contributed by atoms with E-state index in [0.29, 0.717) is 19.4 Å². The molecular formula is C15H19F3N2O3. The highest BCUT2D eigenvalue weighted by Crippen LogP contribution is 2.31. The van der Waals surface area contributed by atoms with Gasteiger partial charge in [0.1, 0.15) is 12.4 Å². The van der Waals surface area contributed by atoms with Crippen LogP contribution in [-0.4, -0.2) is 38.6 Å². The summed E-state index contributed by atoms with van der Waals surface area (Å²) >= 11 is 0. The molecule has 0 saturated heterocycles. The van der Waals surface area contributed by atoms with Crippen molar-refractivity contribution in [1.29, 1.82) is 0 Å². The third-order valence-electron chi connectivity index (χ3n) is 3.28. The Hall–Kier alpha value is -1.96. The van der Waals surface area contributed by atoms with Gasteiger partial charge in [0.05, 0.1) is 12.6 Å². The Balaban J connectivity index is 1.66. The summed E-state index contributed by atoms with van der Waals surface area (Å²) in [5.41, 5.74) is 0.919. The monoisotopic (exact) mass is 332 g/mol. The van der Waals surface area contributed by atoms with Crippen LogP contribution in [-0.2, 0) is 4.74 Å². The van der Waals surface area contributed by atoms with E-state index in [1.807, 2.05) is 24.3 Å². The third kappa shape index (κ3) is 5.97. The van der Waals surface area contributed by atoms with E-state index in [1.54, 1.807) is 0 Å². The topological polar surface area (TPSA) is 59.6 Å². The summed E-state index contributed by atoms with van der Waals surface area (Å²) < 4.78 is 45.6. The molecule has 1 atom stereocenters. The van der Waals surface area contributed by atoms with Gasteiger partial charge in [-0.1, -0.05) is 18.2 Å². The molecule has 1 aromatic rings. The van der Waals surface area contributed by atoms with E-state index >= 15 is 0 Å². The van der Waals surface area contributed by atoms with Crippen LogP contribution in [0.25, 0.3) is 0 Å². The van der Waals surface area contributed by atoms with E-state index in [0.717, 1.165) is 11.3 Å². The second-order valence-corrected chi connectivity index (χ2v) is 5.15. The molecule has 0 fully saturated rings. The Kier molecular flexibility index (Phi) is 6.09. The highest BCUT2D eigenvalue weighted by atomic mass is 19.4. The fourth-order valence-electron chi connectivity index (χ4n) is 2.27. The van der Waals surface area contributed by atoms with Crippen molar-refractivity contribution in [3.8, 4) is 5.75 Å². The molecule has 128 valence electrons. The normalized spacial score (nSPS) is 17.1. The van der Waals surface area contributed by atoms with Gasteiger partial charge in [0.25, 0.3) is 0 Å². The van der Waals surface area contributed by atoms with E-state index < -0.39 is 12.8 Å². The summed E-state index contributed by atoms with van der Waals surface area (Å²) in [5, 5.41) is 5.45. The van der Waals surface area contributed by atoms with Crippen molar-refractivity contribution in [1.82, 2.24) is 10.6 Å². The Morgan fingerprint density at radius 3 is 2.91 bits per heavy atom. The summed E-state index contributed by atoms with van der Waals surface area (Å²) in [6.07, 6.45) is -3.34. The molecule has 0 unspecified atom stereocenters. The molecule has 0 aliphatic carbocycles. The van der Waals surface area contributed by atoms with Crippen molar-refractivity contribution in [2.45, 2.75) is 25.1 Å². The molecule has 2 amide bonds. The maximum atomic E-state index is 11.9. The van der Waals surface area contributed by atoms with E-state index in [9.17, 15) is 18.0 Å². The van der Waals surface area contributed by atoms with Gasteiger partial charge in [-0.05, 0) is 12.5 Å². The molecule has 1 aromatic carbocycles. The minimum atomic E-state index is -4.32. The average molecular weight is 332 g/mol. The number of rotatable bonds is 6. The minimum Gasteiger partial charge on any atom is -0.493 e. The van der Waals surface area contributed by atoms with Gasteiger partial charge < -0.3 is 20.1 Å². The van der Waals surface area contributed by atoms with Crippen molar-refractivity contribution >= 4 is 6.03 Å². The van der Waals surface area contributed by atoms with Crippen molar-refractivity contribution in [2.75, 3.05) is 26.4 Å². The van der Waals surface area contributed by atoms with E-state index in [-0.39, 0.29) is 25.2 Å². The van der Waals surface area contributed by atoms with Crippen LogP contribution in [0.1, 0.15) is 24.4 Å². The van der Waals surface area contributed by atoms with E-state index in [2.05, 4.69) is 15.4 Å². The molecule has 5 nitrogen and oxygen atoms in total. The van der Waals surface area contributed by atoms with Crippen LogP contribution in [0.15, 0.2) is 24.3 Å². The van der Waals surface area contributed by atoms with Crippen LogP contribution in [0.5, 0.6) is 5.75 Å². The lowest BCUT2D eigenvalue weighted by molar-refractivity contribution is -0.173. The van der Waals surface area contributed by atoms with Gasteiger partial charge in [0.2, 0.25) is 0 Å². The lowest BCUT2D eigenvalue weighted by Gasteiger charge is -2.26. The predicted octanol–water partition coefficient (Wildman–Crippen LogP) is 2.78. The van der Waals surface area contributed by atoms with Gasteiger partial charge in [0.15, 0.2) is 0 Å². The number of carbonyl (C=O) groups is 1. The van der Waals surface area contributed by atoms with Crippen LogP contribution in [0, 0.1) is 0 Å². The lowest BCUT2D eigenvalue weighted by atomic mass is 10.0. The number of para-hydroxylation sites is 1. The van der Waals surface area contributed by atoms with Gasteiger partial charge in [-0.2, -0.15) is 13.2 Å². The maximum absolute atomic E-state index is 11.9. The second kappa shape index (κ2) is 8.05. The zero-order valence-corrected chi connectivity index (χ0v) is 12.5. The zero-order valence-electron chi connectivity index (χ0n) is 12.5. The van der Waals surface area contributed by atoms with Gasteiger partial charge in [-0.15, -0.1) is 0 Å². The first-order valence-corrected chi connectivity index (χ1v) is 7.36. The smallest absolute Gasteiger partial charge is 0.411 e. The number of hydrogen-bond donors (Lipinski definition) is 2. The fraction of sp³-hybridized carbons (Fsp3) is 0.533. The van der Waals surface area contributed by atoms with Crippen LogP contribution in [0.3, 0.4) is 0 Å². The molecule has 1 aliphatic heterocycles. The van der Waals surface area contributed by atoms with Crippen LogP contribution in [0.2, 0.25) is 0 Å². The van der Waals surface area contributed by atoms with Crippen molar-refractivity contribution in [3.05, 3.63) is 29.8 Å². The number of urea groups is 1. The predicted molar refractivity (Wildman–Crippen MR) is 77.3 cm³/mol. The summed E-state index contributed by atoms with van der Waals surface area (Å²) in [6.45, 7) is -0.556. The van der Waals surface area contributed by atoms with Crippen LogP contribution in [0.4, 0.5) is 18.0 Å². The highest BCUT2D eigenvalue weighted by molar-refractivity contribution is 5.74. The molecule has 2 rings (SSSR count). The number of alkyl halides is 3. The van der Waals surface area contributed by atoms with Crippen molar-refractivity contribution in [3.63, 3.8) is 0 Å². The largest absolute Gasteiger partial charge is 0.493 e. The molecule has 2 N–H and O–H groups in total. The van der Waals surface area contributed by atoms with Crippen LogP contribution < -0.4 is 15.4 Å². The summed E-state index contributed by atoms with van der Waals surface area (Å²) in [4.78, 5) is 11.8. The lowest BCUT2D eigenvalue weighted by Crippen LogP contribution is -2.40. The van der Waals surface area contributed by atoms with E-state index in [1.165, 1.54) is 0 Å². The third-order valence-corrected chi connectivity index (χ3v) is 3.28. The number of amides is 2. The van der Waals surface area contributed by atoms with Gasteiger partial charge in [-0.25, -0.2) is 4.79 Å². The molecule has 1 heterocycles. The molecule has 0 radical (unpaired) electrons. The Morgan fingerprint density at radius 2 is 2.13 bits per heavy atom. The number of fused-ring (bicyclic) bond motifs is 1. The average Bonchev–Trinajstić information content (AvgIpc) is 2.50. The standard InChI is InChI=1S/C15H19F3N2O3/c16-15(17,18)10-22-8-3-7-19-14(21)20-12-6-9-23-13-5-2-1-4-11(12)13/h1-2,4-5,12H,3,6-10H2,(H2,19,20,21)/t12-/m1/s1.